The molecule has 1 fully saturated rings. The SMILES string of the molecule is CN1N=C2CCN(C(=O)C(COCc3ccccc3)NC(=O)c3cccc(C(C)(N)CI)c3)CC2(Cc2ccccc2)C1=O. The molecule has 0 aromatic heterocycles. The molecule has 3 amide bonds. The maximum atomic E-state index is 14.2. The highest BCUT2D eigenvalue weighted by atomic mass is 127. The highest BCUT2D eigenvalue weighted by molar-refractivity contribution is 14.1. The van der Waals surface area contributed by atoms with Crippen molar-refractivity contribution in [2.24, 2.45) is 16.3 Å². The molecule has 2 heterocycles. The summed E-state index contributed by atoms with van der Waals surface area (Å²) in [7, 11) is 1.66. The van der Waals surface area contributed by atoms with Crippen LogP contribution in [0.3, 0.4) is 0 Å². The maximum Gasteiger partial charge on any atom is 0.256 e. The van der Waals surface area contributed by atoms with Crippen LogP contribution in [0.1, 0.15) is 40.4 Å². The van der Waals surface area contributed by atoms with Crippen molar-refractivity contribution in [3.8, 4) is 0 Å². The standard InChI is InChI=1S/C34H38IN5O4/c1-33(36,22-35)27-15-9-14-26(18-27)30(41)37-28(21-44-20-25-12-7-4-8-13-25)31(42)40-17-16-29-34(23-40,32(43)39(2)38-29)19-24-10-5-3-6-11-24/h3-15,18,28H,16-17,19-23,36H2,1-2H3,(H,37,41). The second-order valence-corrected chi connectivity index (χ2v) is 12.6. The van der Waals surface area contributed by atoms with Crippen LogP contribution in [0.15, 0.2) is 90.0 Å². The number of amides is 3. The molecule has 0 aliphatic carbocycles. The van der Waals surface area contributed by atoms with Gasteiger partial charge >= 0.3 is 0 Å². The third-order valence-electron chi connectivity index (χ3n) is 8.33. The van der Waals surface area contributed by atoms with E-state index in [2.05, 4.69) is 33.0 Å². The topological polar surface area (TPSA) is 117 Å². The van der Waals surface area contributed by atoms with Crippen molar-refractivity contribution in [1.29, 1.82) is 0 Å². The van der Waals surface area contributed by atoms with E-state index in [0.717, 1.165) is 22.4 Å². The Hall–Kier alpha value is -3.61. The number of benzene rings is 3. The normalized spacial score (nSPS) is 20.0. The van der Waals surface area contributed by atoms with E-state index in [9.17, 15) is 14.4 Å². The quantitative estimate of drug-likeness (QED) is 0.232. The molecule has 10 heteroatoms. The van der Waals surface area contributed by atoms with Crippen LogP contribution in [0.25, 0.3) is 0 Å². The van der Waals surface area contributed by atoms with Crippen LogP contribution in [-0.2, 0) is 32.9 Å². The Morgan fingerprint density at radius 1 is 1.07 bits per heavy atom. The summed E-state index contributed by atoms with van der Waals surface area (Å²) in [4.78, 5) is 43.0. The van der Waals surface area contributed by atoms with E-state index < -0.39 is 22.9 Å². The molecule has 3 unspecified atom stereocenters. The van der Waals surface area contributed by atoms with Crippen LogP contribution in [0.4, 0.5) is 0 Å². The lowest BCUT2D eigenvalue weighted by atomic mass is 9.73. The number of nitrogens with one attached hydrogen (secondary N) is 1. The lowest BCUT2D eigenvalue weighted by Crippen LogP contribution is -2.59. The third-order valence-corrected chi connectivity index (χ3v) is 9.91. The van der Waals surface area contributed by atoms with Crippen molar-refractivity contribution in [3.63, 3.8) is 0 Å². The van der Waals surface area contributed by atoms with Gasteiger partial charge < -0.3 is 20.7 Å². The minimum Gasteiger partial charge on any atom is -0.374 e. The van der Waals surface area contributed by atoms with Crippen molar-refractivity contribution in [2.45, 2.75) is 38.0 Å². The van der Waals surface area contributed by atoms with Gasteiger partial charge in [0.05, 0.1) is 18.9 Å². The number of fused-ring (bicyclic) bond motifs is 1. The summed E-state index contributed by atoms with van der Waals surface area (Å²) in [5.41, 5.74) is 8.86. The number of carbonyl (C=O) groups excluding carboxylic acids is 3. The van der Waals surface area contributed by atoms with Crippen molar-refractivity contribution in [2.75, 3.05) is 31.2 Å². The lowest BCUT2D eigenvalue weighted by Gasteiger charge is -2.40. The first-order chi connectivity index (χ1) is 21.1. The molecule has 3 aromatic carbocycles. The van der Waals surface area contributed by atoms with Gasteiger partial charge in [0.15, 0.2) is 0 Å². The van der Waals surface area contributed by atoms with E-state index in [0.29, 0.717) is 29.4 Å². The Labute approximate surface area is 272 Å². The number of halogens is 1. The molecule has 3 atom stereocenters. The molecule has 230 valence electrons. The molecule has 0 saturated carbocycles. The second kappa shape index (κ2) is 13.6. The second-order valence-electron chi connectivity index (χ2n) is 11.8. The van der Waals surface area contributed by atoms with Gasteiger partial charge in [-0.25, -0.2) is 5.01 Å². The predicted molar refractivity (Wildman–Crippen MR) is 178 cm³/mol. The number of alkyl halides is 1. The van der Waals surface area contributed by atoms with E-state index in [-0.39, 0.29) is 31.6 Å². The summed E-state index contributed by atoms with van der Waals surface area (Å²) in [5.74, 6) is -0.827. The first kappa shape index (κ1) is 31.8. The zero-order valence-electron chi connectivity index (χ0n) is 25.0. The fourth-order valence-electron chi connectivity index (χ4n) is 5.81. The summed E-state index contributed by atoms with van der Waals surface area (Å²) in [6.45, 7) is 2.73. The number of nitrogens with two attached hydrogens (primary N) is 1. The van der Waals surface area contributed by atoms with E-state index in [1.54, 1.807) is 30.1 Å². The number of nitrogens with zero attached hydrogens (tertiary/aromatic N) is 3. The van der Waals surface area contributed by atoms with Crippen LogP contribution in [-0.4, -0.2) is 70.6 Å². The van der Waals surface area contributed by atoms with Gasteiger partial charge in [0.25, 0.3) is 11.8 Å². The largest absolute Gasteiger partial charge is 0.374 e. The Kier molecular flexibility index (Phi) is 9.81. The van der Waals surface area contributed by atoms with E-state index in [1.807, 2.05) is 73.7 Å². The van der Waals surface area contributed by atoms with Gasteiger partial charge in [-0.05, 0) is 42.2 Å². The third kappa shape index (κ3) is 6.87. The fraction of sp³-hybridized carbons (Fsp3) is 0.353. The number of hydrogen-bond donors (Lipinski definition) is 2. The summed E-state index contributed by atoms with van der Waals surface area (Å²) in [6, 6.07) is 25.6. The molecule has 0 radical (unpaired) electrons. The monoisotopic (exact) mass is 707 g/mol. The molecule has 44 heavy (non-hydrogen) atoms. The zero-order valence-corrected chi connectivity index (χ0v) is 27.2. The molecule has 0 bridgehead atoms. The smallest absolute Gasteiger partial charge is 0.256 e. The number of piperidine rings is 1. The minimum atomic E-state index is -0.967. The Morgan fingerprint density at radius 2 is 1.75 bits per heavy atom. The number of likely N-dealkylation sites (tertiary alicyclic amines) is 1. The molecular formula is C34H38IN5O4. The number of hydrogen-bond acceptors (Lipinski definition) is 6. The minimum absolute atomic E-state index is 0.0293. The van der Waals surface area contributed by atoms with Gasteiger partial charge in [0.2, 0.25) is 5.91 Å². The average molecular weight is 708 g/mol. The molecule has 9 nitrogen and oxygen atoms in total. The highest BCUT2D eigenvalue weighted by Crippen LogP contribution is 2.38. The highest BCUT2D eigenvalue weighted by Gasteiger charge is 2.53. The van der Waals surface area contributed by atoms with Gasteiger partial charge in [-0.15, -0.1) is 0 Å². The van der Waals surface area contributed by atoms with Gasteiger partial charge in [-0.3, -0.25) is 14.4 Å². The molecule has 1 saturated heterocycles. The number of ether oxygens (including phenoxy) is 1. The van der Waals surface area contributed by atoms with Gasteiger partial charge in [0, 0.05) is 42.1 Å². The molecule has 0 spiro atoms. The van der Waals surface area contributed by atoms with Crippen LogP contribution in [0, 0.1) is 5.41 Å². The Balaban J connectivity index is 1.39. The van der Waals surface area contributed by atoms with Crippen LogP contribution in [0.5, 0.6) is 0 Å². The van der Waals surface area contributed by atoms with Crippen molar-refractivity contribution in [3.05, 3.63) is 107 Å². The molecule has 3 aromatic rings. The molecule has 3 N–H and O–H groups in total. The van der Waals surface area contributed by atoms with Crippen molar-refractivity contribution in [1.82, 2.24) is 15.2 Å². The van der Waals surface area contributed by atoms with Crippen LogP contribution < -0.4 is 11.1 Å². The van der Waals surface area contributed by atoms with Crippen molar-refractivity contribution < 1.29 is 19.1 Å². The van der Waals surface area contributed by atoms with E-state index in [1.165, 1.54) is 5.01 Å². The van der Waals surface area contributed by atoms with Gasteiger partial charge in [-0.2, -0.15) is 5.10 Å². The number of rotatable bonds is 11. The maximum absolute atomic E-state index is 14.2. The molecule has 2 aliphatic rings. The molecule has 2 aliphatic heterocycles. The van der Waals surface area contributed by atoms with Crippen molar-refractivity contribution >= 4 is 46.0 Å². The molecular weight excluding hydrogens is 669 g/mol. The Bertz CT molecular complexity index is 1530. The van der Waals surface area contributed by atoms with Crippen LogP contribution in [0.2, 0.25) is 0 Å². The van der Waals surface area contributed by atoms with E-state index >= 15 is 0 Å². The predicted octanol–water partition coefficient (Wildman–Crippen LogP) is 3.90. The summed E-state index contributed by atoms with van der Waals surface area (Å²) >= 11 is 2.23. The summed E-state index contributed by atoms with van der Waals surface area (Å²) in [5, 5.41) is 8.89. The molecule has 5 rings (SSSR count). The van der Waals surface area contributed by atoms with E-state index in [4.69, 9.17) is 10.5 Å². The first-order valence-electron chi connectivity index (χ1n) is 14.7. The number of hydrazone groups is 1. The first-order valence-corrected chi connectivity index (χ1v) is 16.2. The lowest BCUT2D eigenvalue weighted by molar-refractivity contribution is -0.141. The summed E-state index contributed by atoms with van der Waals surface area (Å²) < 4.78 is 6.66. The van der Waals surface area contributed by atoms with Crippen LogP contribution >= 0.6 is 22.6 Å². The fourth-order valence-corrected chi connectivity index (χ4v) is 6.25. The average Bonchev–Trinajstić information content (AvgIpc) is 3.29. The number of carbonyl (C=O) groups is 3. The Morgan fingerprint density at radius 3 is 2.43 bits per heavy atom. The van der Waals surface area contributed by atoms with Gasteiger partial charge in [0.1, 0.15) is 11.5 Å². The summed E-state index contributed by atoms with van der Waals surface area (Å²) in [6.07, 6.45) is 0.899. The zero-order chi connectivity index (χ0) is 31.3. The van der Waals surface area contributed by atoms with Gasteiger partial charge in [-0.1, -0.05) is 95.4 Å².